The third-order valence-electron chi connectivity index (χ3n) is 2.65. The third-order valence-corrected chi connectivity index (χ3v) is 2.65. The molecule has 0 unspecified atom stereocenters. The second-order valence-electron chi connectivity index (χ2n) is 3.74. The minimum absolute atomic E-state index is 0.0687. The van der Waals surface area contributed by atoms with Gasteiger partial charge in [0.05, 0.1) is 0 Å². The lowest BCUT2D eigenvalue weighted by molar-refractivity contribution is 0.465. The molecule has 1 N–H and O–H groups in total. The molecule has 0 fully saturated rings. The van der Waals surface area contributed by atoms with Gasteiger partial charge < -0.3 is 9.88 Å². The van der Waals surface area contributed by atoms with Gasteiger partial charge in [0.25, 0.3) is 0 Å². The van der Waals surface area contributed by atoms with Crippen molar-refractivity contribution >= 4 is 0 Å². The Labute approximate surface area is 91.1 Å². The van der Waals surface area contributed by atoms with Crippen LogP contribution in [0.3, 0.4) is 0 Å². The van der Waals surface area contributed by atoms with Gasteiger partial charge in [0.15, 0.2) is 5.43 Å². The monoisotopic (exact) mass is 208 g/mol. The average Bonchev–Trinajstić information content (AvgIpc) is 2.27. The molecule has 1 rings (SSSR count). The predicted octanol–water partition coefficient (Wildman–Crippen LogP) is 1.63. The van der Waals surface area contributed by atoms with Gasteiger partial charge in [-0.1, -0.05) is 13.8 Å². The van der Waals surface area contributed by atoms with Crippen LogP contribution in [0.5, 0.6) is 0 Å². The quantitative estimate of drug-likeness (QED) is 0.771. The summed E-state index contributed by atoms with van der Waals surface area (Å²) in [5.41, 5.74) is 0.0687. The van der Waals surface area contributed by atoms with Gasteiger partial charge in [0.2, 0.25) is 0 Å². The molecule has 0 radical (unpaired) electrons. The summed E-state index contributed by atoms with van der Waals surface area (Å²) in [6.45, 7) is 6.26. The van der Waals surface area contributed by atoms with Crippen molar-refractivity contribution in [3.05, 3.63) is 34.7 Å². The van der Waals surface area contributed by atoms with E-state index in [2.05, 4.69) is 19.2 Å². The summed E-state index contributed by atoms with van der Waals surface area (Å²) < 4.78 is 2.02. The Hall–Kier alpha value is -1.09. The molecular formula is C12H20N2O. The molecule has 3 heteroatoms. The number of hydrogen-bond donors (Lipinski definition) is 1. The van der Waals surface area contributed by atoms with E-state index in [1.54, 1.807) is 12.1 Å². The second-order valence-corrected chi connectivity index (χ2v) is 3.74. The Morgan fingerprint density at radius 1 is 1.27 bits per heavy atom. The Bertz CT molecular complexity index is 308. The van der Waals surface area contributed by atoms with E-state index in [4.69, 9.17) is 0 Å². The molecule has 0 aromatic carbocycles. The fourth-order valence-corrected chi connectivity index (χ4v) is 1.57. The van der Waals surface area contributed by atoms with E-state index in [1.165, 1.54) is 12.8 Å². The molecule has 0 aliphatic carbocycles. The van der Waals surface area contributed by atoms with Crippen LogP contribution >= 0.6 is 0 Å². The summed E-state index contributed by atoms with van der Waals surface area (Å²) in [7, 11) is 0. The second kappa shape index (κ2) is 6.40. The topological polar surface area (TPSA) is 34.0 Å². The van der Waals surface area contributed by atoms with Gasteiger partial charge in [-0.05, 0) is 12.8 Å². The van der Waals surface area contributed by atoms with Crippen LogP contribution in [0, 0.1) is 0 Å². The number of pyridine rings is 1. The van der Waals surface area contributed by atoms with Crippen LogP contribution in [0.25, 0.3) is 0 Å². The molecule has 0 aliphatic rings. The molecule has 0 spiro atoms. The Kier molecular flexibility index (Phi) is 5.12. The van der Waals surface area contributed by atoms with Gasteiger partial charge in [0, 0.05) is 43.7 Å². The van der Waals surface area contributed by atoms with Crippen molar-refractivity contribution < 1.29 is 0 Å². The summed E-state index contributed by atoms with van der Waals surface area (Å²) in [5.74, 6) is 0. The maximum atomic E-state index is 10.9. The van der Waals surface area contributed by atoms with Crippen LogP contribution in [0.15, 0.2) is 29.3 Å². The van der Waals surface area contributed by atoms with Crippen molar-refractivity contribution in [3.63, 3.8) is 0 Å². The highest BCUT2D eigenvalue weighted by Gasteiger charge is 2.00. The largest absolute Gasteiger partial charge is 0.353 e. The minimum atomic E-state index is 0.0687. The molecule has 0 aliphatic heterocycles. The normalized spacial score (nSPS) is 10.9. The zero-order valence-electron chi connectivity index (χ0n) is 9.57. The summed E-state index contributed by atoms with van der Waals surface area (Å²) in [5, 5.41) is 3.48. The summed E-state index contributed by atoms with van der Waals surface area (Å²) in [4.78, 5) is 10.9. The van der Waals surface area contributed by atoms with Crippen LogP contribution in [-0.2, 0) is 6.54 Å². The molecule has 0 bridgehead atoms. The first-order chi connectivity index (χ1) is 7.26. The zero-order chi connectivity index (χ0) is 11.1. The zero-order valence-corrected chi connectivity index (χ0v) is 9.57. The Morgan fingerprint density at radius 3 is 2.40 bits per heavy atom. The maximum absolute atomic E-state index is 10.9. The number of aromatic nitrogens is 1. The molecule has 0 saturated carbocycles. The number of nitrogens with one attached hydrogen (secondary N) is 1. The molecule has 0 atom stereocenters. The van der Waals surface area contributed by atoms with Crippen molar-refractivity contribution in [2.75, 3.05) is 6.54 Å². The summed E-state index contributed by atoms with van der Waals surface area (Å²) >= 11 is 0. The van der Waals surface area contributed by atoms with Crippen LogP contribution in [0.2, 0.25) is 0 Å². The van der Waals surface area contributed by atoms with E-state index in [-0.39, 0.29) is 5.43 Å². The average molecular weight is 208 g/mol. The first kappa shape index (κ1) is 12.0. The first-order valence-corrected chi connectivity index (χ1v) is 5.65. The fourth-order valence-electron chi connectivity index (χ4n) is 1.57. The van der Waals surface area contributed by atoms with Gasteiger partial charge in [-0.15, -0.1) is 0 Å². The smallest absolute Gasteiger partial charge is 0.181 e. The van der Waals surface area contributed by atoms with Crippen LogP contribution in [0.1, 0.15) is 26.7 Å². The van der Waals surface area contributed by atoms with Crippen LogP contribution < -0.4 is 10.7 Å². The van der Waals surface area contributed by atoms with Crippen molar-refractivity contribution in [3.8, 4) is 0 Å². The fraction of sp³-hybridized carbons (Fsp3) is 0.583. The van der Waals surface area contributed by atoms with E-state index in [0.717, 1.165) is 13.1 Å². The van der Waals surface area contributed by atoms with Gasteiger partial charge in [0.1, 0.15) is 0 Å². The molecule has 0 saturated heterocycles. The molecule has 3 nitrogen and oxygen atoms in total. The highest BCUT2D eigenvalue weighted by molar-refractivity contribution is 4.93. The lowest BCUT2D eigenvalue weighted by Gasteiger charge is -2.15. The minimum Gasteiger partial charge on any atom is -0.353 e. The molecule has 84 valence electrons. The lowest BCUT2D eigenvalue weighted by Crippen LogP contribution is -2.30. The van der Waals surface area contributed by atoms with E-state index in [9.17, 15) is 4.79 Å². The SMILES string of the molecule is CCC(CC)NCCn1ccc(=O)cc1. The molecule has 1 aromatic heterocycles. The van der Waals surface area contributed by atoms with Crippen LogP contribution in [0.4, 0.5) is 0 Å². The van der Waals surface area contributed by atoms with Crippen molar-refractivity contribution in [1.29, 1.82) is 0 Å². The van der Waals surface area contributed by atoms with Gasteiger partial charge in [-0.2, -0.15) is 0 Å². The van der Waals surface area contributed by atoms with Crippen molar-refractivity contribution in [2.24, 2.45) is 0 Å². The predicted molar refractivity (Wildman–Crippen MR) is 63.1 cm³/mol. The molecule has 1 heterocycles. The van der Waals surface area contributed by atoms with Gasteiger partial charge >= 0.3 is 0 Å². The summed E-state index contributed by atoms with van der Waals surface area (Å²) in [6.07, 6.45) is 6.00. The third kappa shape index (κ3) is 4.30. The van der Waals surface area contributed by atoms with Gasteiger partial charge in [-0.25, -0.2) is 0 Å². The highest BCUT2D eigenvalue weighted by Crippen LogP contribution is 1.95. The van der Waals surface area contributed by atoms with Crippen molar-refractivity contribution in [2.45, 2.75) is 39.3 Å². The van der Waals surface area contributed by atoms with E-state index < -0.39 is 0 Å². The number of nitrogens with zero attached hydrogens (tertiary/aromatic N) is 1. The van der Waals surface area contributed by atoms with E-state index >= 15 is 0 Å². The maximum Gasteiger partial charge on any atom is 0.181 e. The van der Waals surface area contributed by atoms with Crippen LogP contribution in [-0.4, -0.2) is 17.2 Å². The lowest BCUT2D eigenvalue weighted by atomic mass is 10.2. The first-order valence-electron chi connectivity index (χ1n) is 5.65. The molecule has 15 heavy (non-hydrogen) atoms. The molecular weight excluding hydrogens is 188 g/mol. The van der Waals surface area contributed by atoms with E-state index in [1.807, 2.05) is 17.0 Å². The number of rotatable bonds is 6. The van der Waals surface area contributed by atoms with Crippen molar-refractivity contribution in [1.82, 2.24) is 9.88 Å². The Balaban J connectivity index is 2.31. The highest BCUT2D eigenvalue weighted by atomic mass is 16.1. The van der Waals surface area contributed by atoms with Gasteiger partial charge in [-0.3, -0.25) is 4.79 Å². The molecule has 1 aromatic rings. The standard InChI is InChI=1S/C12H20N2O/c1-3-11(4-2)13-7-10-14-8-5-12(15)6-9-14/h5-6,8-9,11,13H,3-4,7,10H2,1-2H3. The van der Waals surface area contributed by atoms with E-state index in [0.29, 0.717) is 6.04 Å². The summed E-state index contributed by atoms with van der Waals surface area (Å²) in [6, 6.07) is 3.80. The Morgan fingerprint density at radius 2 is 1.87 bits per heavy atom. The number of hydrogen-bond acceptors (Lipinski definition) is 2. The molecule has 0 amide bonds.